The van der Waals surface area contributed by atoms with E-state index in [-0.39, 0.29) is 12.1 Å². The molecule has 0 radical (unpaired) electrons. The summed E-state index contributed by atoms with van der Waals surface area (Å²) in [5.41, 5.74) is 2.18. The van der Waals surface area contributed by atoms with E-state index >= 15 is 0 Å². The number of ether oxygens (including phenoxy) is 2. The first-order valence-electron chi connectivity index (χ1n) is 8.60. The predicted octanol–water partition coefficient (Wildman–Crippen LogP) is 3.75. The maximum atomic E-state index is 12.3. The zero-order valence-electron chi connectivity index (χ0n) is 14.7. The number of hydrogen-bond donors (Lipinski definition) is 1. The number of amides is 2. The van der Waals surface area contributed by atoms with Gasteiger partial charge in [0.05, 0.1) is 19.8 Å². The van der Waals surface area contributed by atoms with Crippen molar-refractivity contribution < 1.29 is 14.3 Å². The molecule has 0 aliphatic carbocycles. The van der Waals surface area contributed by atoms with E-state index in [1.165, 1.54) is 0 Å². The van der Waals surface area contributed by atoms with E-state index in [1.807, 2.05) is 53.4 Å². The minimum absolute atomic E-state index is 0.00553. The number of hydrogen-bond acceptors (Lipinski definition) is 3. The van der Waals surface area contributed by atoms with Gasteiger partial charge in [-0.25, -0.2) is 4.79 Å². The summed E-state index contributed by atoms with van der Waals surface area (Å²) in [6, 6.07) is 15.7. The van der Waals surface area contributed by atoms with E-state index in [2.05, 4.69) is 12.2 Å². The van der Waals surface area contributed by atoms with Gasteiger partial charge < -0.3 is 19.7 Å². The molecule has 2 aromatic rings. The molecule has 1 N–H and O–H groups in total. The predicted molar refractivity (Wildman–Crippen MR) is 96.9 cm³/mol. The molecule has 1 aliphatic rings. The Bertz CT molecular complexity index is 698. The van der Waals surface area contributed by atoms with Crippen molar-refractivity contribution in [2.45, 2.75) is 25.9 Å². The van der Waals surface area contributed by atoms with Gasteiger partial charge in [-0.15, -0.1) is 0 Å². The molecule has 1 unspecified atom stereocenters. The Balaban J connectivity index is 1.61. The van der Waals surface area contributed by atoms with E-state index in [1.54, 1.807) is 7.11 Å². The molecule has 1 saturated heterocycles. The Kier molecular flexibility index (Phi) is 5.43. The molecule has 25 heavy (non-hydrogen) atoms. The lowest BCUT2D eigenvalue weighted by molar-refractivity contribution is 0.215. The van der Waals surface area contributed by atoms with Gasteiger partial charge in [-0.1, -0.05) is 31.2 Å². The van der Waals surface area contributed by atoms with Crippen molar-refractivity contribution >= 4 is 6.03 Å². The van der Waals surface area contributed by atoms with Gasteiger partial charge in [0.25, 0.3) is 0 Å². The molecule has 0 bridgehead atoms. The second-order valence-electron chi connectivity index (χ2n) is 6.15. The fraction of sp³-hybridized carbons (Fsp3) is 0.350. The van der Waals surface area contributed by atoms with Gasteiger partial charge >= 0.3 is 6.03 Å². The molecule has 2 amide bonds. The number of nitrogens with zero attached hydrogens (tertiary/aromatic N) is 1. The molecule has 0 spiro atoms. The third-order valence-corrected chi connectivity index (χ3v) is 4.28. The maximum Gasteiger partial charge on any atom is 0.318 e. The van der Waals surface area contributed by atoms with Crippen molar-refractivity contribution in [3.8, 4) is 11.5 Å². The monoisotopic (exact) mass is 340 g/mol. The third-order valence-electron chi connectivity index (χ3n) is 4.28. The Morgan fingerprint density at radius 3 is 2.40 bits per heavy atom. The highest BCUT2D eigenvalue weighted by atomic mass is 16.5. The van der Waals surface area contributed by atoms with Crippen LogP contribution in [0.25, 0.3) is 0 Å². The Labute approximate surface area is 148 Å². The fourth-order valence-corrected chi connectivity index (χ4v) is 2.88. The molecule has 1 fully saturated rings. The van der Waals surface area contributed by atoms with E-state index in [9.17, 15) is 4.79 Å². The van der Waals surface area contributed by atoms with Crippen LogP contribution in [0.2, 0.25) is 0 Å². The quantitative estimate of drug-likeness (QED) is 0.835. The Morgan fingerprint density at radius 1 is 1.08 bits per heavy atom. The largest absolute Gasteiger partial charge is 0.497 e. The molecule has 1 heterocycles. The van der Waals surface area contributed by atoms with Crippen molar-refractivity contribution in [2.75, 3.05) is 20.3 Å². The van der Waals surface area contributed by atoms with Crippen LogP contribution in [0.4, 0.5) is 4.79 Å². The van der Waals surface area contributed by atoms with Gasteiger partial charge in [0.1, 0.15) is 11.5 Å². The molecule has 1 aliphatic heterocycles. The van der Waals surface area contributed by atoms with Crippen molar-refractivity contribution in [1.29, 1.82) is 0 Å². The number of carbonyl (C=O) groups excluding carboxylic acids is 1. The van der Waals surface area contributed by atoms with Crippen LogP contribution < -0.4 is 14.8 Å². The summed E-state index contributed by atoms with van der Waals surface area (Å²) < 4.78 is 10.8. The number of nitrogens with one attached hydrogen (secondary N) is 1. The van der Waals surface area contributed by atoms with Gasteiger partial charge in [-0.2, -0.15) is 0 Å². The van der Waals surface area contributed by atoms with Crippen LogP contribution in [0.1, 0.15) is 30.5 Å². The van der Waals surface area contributed by atoms with E-state index in [0.717, 1.165) is 35.7 Å². The van der Waals surface area contributed by atoms with E-state index in [4.69, 9.17) is 9.47 Å². The molecule has 132 valence electrons. The topological polar surface area (TPSA) is 50.8 Å². The van der Waals surface area contributed by atoms with Crippen molar-refractivity contribution in [2.24, 2.45) is 0 Å². The highest BCUT2D eigenvalue weighted by Gasteiger charge is 2.29. The SMILES string of the molecule is CCCOc1ccc(C2CN(Cc3ccc(OC)cc3)C(=O)N2)cc1. The van der Waals surface area contributed by atoms with Crippen molar-refractivity contribution in [3.63, 3.8) is 0 Å². The lowest BCUT2D eigenvalue weighted by Crippen LogP contribution is -2.27. The second-order valence-corrected chi connectivity index (χ2v) is 6.15. The Morgan fingerprint density at radius 2 is 1.76 bits per heavy atom. The van der Waals surface area contributed by atoms with Gasteiger partial charge in [0, 0.05) is 13.1 Å². The molecule has 0 aromatic heterocycles. The average molecular weight is 340 g/mol. The summed E-state index contributed by atoms with van der Waals surface area (Å²) in [5.74, 6) is 1.68. The zero-order chi connectivity index (χ0) is 17.6. The fourth-order valence-electron chi connectivity index (χ4n) is 2.88. The number of carbonyl (C=O) groups is 1. The van der Waals surface area contributed by atoms with Crippen LogP contribution in [-0.4, -0.2) is 31.2 Å². The molecular formula is C20H24N2O3. The number of methoxy groups -OCH3 is 1. The molecular weight excluding hydrogens is 316 g/mol. The minimum Gasteiger partial charge on any atom is -0.497 e. The maximum absolute atomic E-state index is 12.3. The number of rotatable bonds is 7. The van der Waals surface area contributed by atoms with Gasteiger partial charge in [-0.3, -0.25) is 0 Å². The molecule has 3 rings (SSSR count). The summed E-state index contributed by atoms with van der Waals surface area (Å²) in [6.07, 6.45) is 0.987. The summed E-state index contributed by atoms with van der Waals surface area (Å²) in [4.78, 5) is 14.1. The number of benzene rings is 2. The Hall–Kier alpha value is -2.69. The molecule has 5 heteroatoms. The number of urea groups is 1. The van der Waals surface area contributed by atoms with Crippen LogP contribution in [-0.2, 0) is 6.54 Å². The summed E-state index contributed by atoms with van der Waals surface area (Å²) in [6.45, 7) is 4.04. The molecule has 5 nitrogen and oxygen atoms in total. The lowest BCUT2D eigenvalue weighted by Gasteiger charge is -2.15. The molecule has 0 saturated carbocycles. The average Bonchev–Trinajstić information content (AvgIpc) is 3.01. The third kappa shape index (κ3) is 4.24. The first-order chi connectivity index (χ1) is 12.2. The van der Waals surface area contributed by atoms with Crippen LogP contribution in [0.15, 0.2) is 48.5 Å². The van der Waals surface area contributed by atoms with Gasteiger partial charge in [0.15, 0.2) is 0 Å². The first kappa shape index (κ1) is 17.1. The minimum atomic E-state index is -0.0351. The zero-order valence-corrected chi connectivity index (χ0v) is 14.7. The van der Waals surface area contributed by atoms with Gasteiger partial charge in [-0.05, 0) is 41.8 Å². The smallest absolute Gasteiger partial charge is 0.318 e. The van der Waals surface area contributed by atoms with E-state index in [0.29, 0.717) is 13.1 Å². The summed E-state index contributed by atoms with van der Waals surface area (Å²) in [5, 5.41) is 3.05. The first-order valence-corrected chi connectivity index (χ1v) is 8.60. The van der Waals surface area contributed by atoms with Crippen molar-refractivity contribution in [1.82, 2.24) is 10.2 Å². The summed E-state index contributed by atoms with van der Waals surface area (Å²) >= 11 is 0. The highest BCUT2D eigenvalue weighted by Crippen LogP contribution is 2.24. The van der Waals surface area contributed by atoms with Gasteiger partial charge in [0.2, 0.25) is 0 Å². The second kappa shape index (κ2) is 7.92. The normalized spacial score (nSPS) is 16.6. The summed E-state index contributed by atoms with van der Waals surface area (Å²) in [7, 11) is 1.64. The lowest BCUT2D eigenvalue weighted by atomic mass is 10.1. The van der Waals surface area contributed by atoms with Crippen molar-refractivity contribution in [3.05, 3.63) is 59.7 Å². The van der Waals surface area contributed by atoms with Crippen LogP contribution >= 0.6 is 0 Å². The molecule has 2 aromatic carbocycles. The highest BCUT2D eigenvalue weighted by molar-refractivity contribution is 5.77. The molecule has 1 atom stereocenters. The van der Waals surface area contributed by atoms with Crippen LogP contribution in [0.5, 0.6) is 11.5 Å². The van der Waals surface area contributed by atoms with E-state index < -0.39 is 0 Å². The van der Waals surface area contributed by atoms with Crippen LogP contribution in [0, 0.1) is 0 Å². The standard InChI is InChI=1S/C20H24N2O3/c1-3-12-25-18-10-6-16(7-11-18)19-14-22(20(23)21-19)13-15-4-8-17(24-2)9-5-15/h4-11,19H,3,12-14H2,1-2H3,(H,21,23). The van der Waals surface area contributed by atoms with Crippen LogP contribution in [0.3, 0.4) is 0 Å².